The van der Waals surface area contributed by atoms with Crippen LogP contribution in [0.4, 0.5) is 5.69 Å². The number of carboxylic acids is 1. The third kappa shape index (κ3) is 7.22. The number of ketones is 1. The average molecular weight is 512 g/mol. The number of anilines is 1. The molecule has 0 aliphatic heterocycles. The summed E-state index contributed by atoms with van der Waals surface area (Å²) in [5.41, 5.74) is 6.99. The molecule has 4 nitrogen and oxygen atoms in total. The van der Waals surface area contributed by atoms with Gasteiger partial charge in [0.25, 0.3) is 0 Å². The van der Waals surface area contributed by atoms with Crippen LogP contribution in [0.3, 0.4) is 0 Å². The van der Waals surface area contributed by atoms with E-state index in [1.54, 1.807) is 36.4 Å². The van der Waals surface area contributed by atoms with Gasteiger partial charge >= 0.3 is 5.97 Å². The first kappa shape index (κ1) is 28.9. The molecular weight excluding hydrogens is 470 g/mol. The Morgan fingerprint density at radius 3 is 1.95 bits per heavy atom. The van der Waals surface area contributed by atoms with E-state index in [4.69, 9.17) is 5.11 Å². The number of aromatic carboxylic acids is 1. The van der Waals surface area contributed by atoms with E-state index in [0.29, 0.717) is 11.5 Å². The first-order valence-corrected chi connectivity index (χ1v) is 13.3. The van der Waals surface area contributed by atoms with Gasteiger partial charge in [-0.3, -0.25) is 4.79 Å². The Bertz CT molecular complexity index is 1320. The first-order chi connectivity index (χ1) is 17.7. The van der Waals surface area contributed by atoms with Gasteiger partial charge in [-0.1, -0.05) is 97.9 Å². The Hall–Kier alpha value is -3.66. The number of benzene rings is 3. The van der Waals surface area contributed by atoms with Gasteiger partial charge in [-0.15, -0.1) is 0 Å². The number of carboxylic acid groups (broad SMARTS) is 1. The van der Waals surface area contributed by atoms with Crippen molar-refractivity contribution in [2.24, 2.45) is 5.92 Å². The maximum atomic E-state index is 13.4. The van der Waals surface area contributed by atoms with Crippen molar-refractivity contribution in [1.29, 1.82) is 0 Å². The Morgan fingerprint density at radius 2 is 1.45 bits per heavy atom. The predicted octanol–water partition coefficient (Wildman–Crippen LogP) is 8.61. The van der Waals surface area contributed by atoms with Gasteiger partial charge in [-0.05, 0) is 69.3 Å². The molecule has 0 aliphatic carbocycles. The van der Waals surface area contributed by atoms with Crippen LogP contribution < -0.4 is 5.32 Å². The maximum absolute atomic E-state index is 13.4. The summed E-state index contributed by atoms with van der Waals surface area (Å²) in [7, 11) is 0. The van der Waals surface area contributed by atoms with E-state index in [0.717, 1.165) is 34.5 Å². The number of allylic oxidation sites excluding steroid dienone is 1. The molecule has 0 fully saturated rings. The van der Waals surface area contributed by atoms with Gasteiger partial charge in [0.15, 0.2) is 5.78 Å². The molecule has 0 saturated heterocycles. The van der Waals surface area contributed by atoms with E-state index < -0.39 is 5.97 Å². The molecule has 0 amide bonds. The molecule has 3 aromatic rings. The normalized spacial score (nSPS) is 12.2. The maximum Gasteiger partial charge on any atom is 0.335 e. The number of rotatable bonds is 8. The van der Waals surface area contributed by atoms with Crippen LogP contribution in [-0.2, 0) is 10.8 Å². The van der Waals surface area contributed by atoms with E-state index in [-0.39, 0.29) is 22.2 Å². The summed E-state index contributed by atoms with van der Waals surface area (Å²) in [6.45, 7) is 18.3. The largest absolute Gasteiger partial charge is 0.478 e. The highest BCUT2D eigenvalue weighted by Crippen LogP contribution is 2.39. The van der Waals surface area contributed by atoms with Crippen molar-refractivity contribution in [3.8, 4) is 11.1 Å². The molecule has 2 N–H and O–H groups in total. The lowest BCUT2D eigenvalue weighted by Gasteiger charge is -2.28. The summed E-state index contributed by atoms with van der Waals surface area (Å²) < 4.78 is 0. The molecule has 0 bridgehead atoms. The molecule has 200 valence electrons. The van der Waals surface area contributed by atoms with Crippen LogP contribution in [0.5, 0.6) is 0 Å². The molecule has 0 radical (unpaired) electrons. The summed E-state index contributed by atoms with van der Waals surface area (Å²) >= 11 is 0. The van der Waals surface area contributed by atoms with Crippen molar-refractivity contribution in [3.63, 3.8) is 0 Å². The van der Waals surface area contributed by atoms with Gasteiger partial charge in [0.2, 0.25) is 0 Å². The summed E-state index contributed by atoms with van der Waals surface area (Å²) in [6.07, 6.45) is 3.29. The number of carbonyl (C=O) groups is 2. The van der Waals surface area contributed by atoms with Gasteiger partial charge in [0.05, 0.1) is 5.56 Å². The second-order valence-electron chi connectivity index (χ2n) is 12.4. The summed E-state index contributed by atoms with van der Waals surface area (Å²) in [5, 5.41) is 12.8. The Morgan fingerprint density at radius 1 is 0.842 bits per heavy atom. The quantitative estimate of drug-likeness (QED) is 0.235. The molecular formula is C34H41NO3. The molecule has 0 aliphatic rings. The highest BCUT2D eigenvalue weighted by atomic mass is 16.4. The average Bonchev–Trinajstić information content (AvgIpc) is 2.84. The van der Waals surface area contributed by atoms with Crippen LogP contribution in [0.25, 0.3) is 17.2 Å². The highest BCUT2D eigenvalue weighted by Gasteiger charge is 2.24. The minimum Gasteiger partial charge on any atom is -0.478 e. The summed E-state index contributed by atoms with van der Waals surface area (Å²) in [6, 6.07) is 19.1. The van der Waals surface area contributed by atoms with Gasteiger partial charge in [0, 0.05) is 23.4 Å². The first-order valence-electron chi connectivity index (χ1n) is 13.3. The topological polar surface area (TPSA) is 66.4 Å². The smallest absolute Gasteiger partial charge is 0.335 e. The van der Waals surface area contributed by atoms with Crippen molar-refractivity contribution >= 4 is 23.5 Å². The minimum atomic E-state index is -0.972. The summed E-state index contributed by atoms with van der Waals surface area (Å²) in [5.74, 6) is -0.600. The second-order valence-corrected chi connectivity index (χ2v) is 12.4. The molecule has 0 saturated carbocycles. The van der Waals surface area contributed by atoms with E-state index >= 15 is 0 Å². The third-order valence-electron chi connectivity index (χ3n) is 6.56. The van der Waals surface area contributed by atoms with Crippen LogP contribution in [-0.4, -0.2) is 23.4 Å². The Balaban J connectivity index is 2.11. The highest BCUT2D eigenvalue weighted by molar-refractivity contribution is 6.08. The van der Waals surface area contributed by atoms with E-state index in [1.165, 1.54) is 5.56 Å². The minimum absolute atomic E-state index is 0.0547. The SMILES string of the molecule is CC(C)CNc1c(-c2ccc(C(C)(C)C)cc2)cc(C(=O)C=Cc2ccc(C(=O)O)cc2)cc1C(C)(C)C. The molecule has 0 aromatic heterocycles. The fourth-order valence-corrected chi connectivity index (χ4v) is 4.25. The lowest BCUT2D eigenvalue weighted by Crippen LogP contribution is -2.19. The van der Waals surface area contributed by atoms with Crippen molar-refractivity contribution in [2.45, 2.75) is 66.2 Å². The van der Waals surface area contributed by atoms with Crippen molar-refractivity contribution in [3.05, 3.63) is 94.6 Å². The zero-order chi connectivity index (χ0) is 28.3. The van der Waals surface area contributed by atoms with Crippen molar-refractivity contribution in [1.82, 2.24) is 0 Å². The van der Waals surface area contributed by atoms with Crippen LogP contribution in [0, 0.1) is 5.92 Å². The van der Waals surface area contributed by atoms with Crippen molar-refractivity contribution < 1.29 is 14.7 Å². The zero-order valence-electron chi connectivity index (χ0n) is 24.0. The van der Waals surface area contributed by atoms with E-state index in [9.17, 15) is 9.59 Å². The molecule has 38 heavy (non-hydrogen) atoms. The number of carbonyl (C=O) groups excluding carboxylic acids is 1. The van der Waals surface area contributed by atoms with Crippen LogP contribution in [0.1, 0.15) is 92.8 Å². The molecule has 3 aromatic carbocycles. The number of nitrogens with one attached hydrogen (secondary N) is 1. The van der Waals surface area contributed by atoms with Gasteiger partial charge in [-0.25, -0.2) is 4.79 Å². The zero-order valence-corrected chi connectivity index (χ0v) is 24.0. The van der Waals surface area contributed by atoms with E-state index in [1.807, 2.05) is 12.1 Å². The molecule has 0 heterocycles. The summed E-state index contributed by atoms with van der Waals surface area (Å²) in [4.78, 5) is 24.5. The number of hydrogen-bond donors (Lipinski definition) is 2. The molecule has 0 unspecified atom stereocenters. The number of hydrogen-bond acceptors (Lipinski definition) is 3. The van der Waals surface area contributed by atoms with Gasteiger partial charge in [-0.2, -0.15) is 0 Å². The van der Waals surface area contributed by atoms with Crippen LogP contribution >= 0.6 is 0 Å². The molecule has 0 atom stereocenters. The Labute approximate surface area is 227 Å². The predicted molar refractivity (Wildman–Crippen MR) is 159 cm³/mol. The van der Waals surface area contributed by atoms with Crippen LogP contribution in [0.15, 0.2) is 66.7 Å². The monoisotopic (exact) mass is 511 g/mol. The fraction of sp³-hybridized carbons (Fsp3) is 0.353. The molecule has 4 heteroatoms. The second kappa shape index (κ2) is 11.4. The standard InChI is InChI=1S/C34H41NO3/c1-22(2)21-35-31-28(24-14-16-27(17-15-24)33(3,4)5)19-26(20-29(31)34(6,7)8)30(36)18-11-23-9-12-25(13-10-23)32(37)38/h9-20,22,35H,21H2,1-8H3,(H,37,38). The third-order valence-corrected chi connectivity index (χ3v) is 6.56. The fourth-order valence-electron chi connectivity index (χ4n) is 4.25. The molecule has 0 spiro atoms. The van der Waals surface area contributed by atoms with Gasteiger partial charge < -0.3 is 10.4 Å². The van der Waals surface area contributed by atoms with E-state index in [2.05, 4.69) is 85.0 Å². The van der Waals surface area contributed by atoms with Gasteiger partial charge in [0.1, 0.15) is 0 Å². The molecule has 3 rings (SSSR count). The lowest BCUT2D eigenvalue weighted by atomic mass is 9.81. The van der Waals surface area contributed by atoms with Crippen molar-refractivity contribution in [2.75, 3.05) is 11.9 Å². The Kier molecular flexibility index (Phi) is 8.66. The lowest BCUT2D eigenvalue weighted by molar-refractivity contribution is 0.0696. The van der Waals surface area contributed by atoms with Crippen LogP contribution in [0.2, 0.25) is 0 Å².